The first-order valence-electron chi connectivity index (χ1n) is 10.2. The lowest BCUT2D eigenvalue weighted by Crippen LogP contribution is -2.05. The molecule has 1 aliphatic carbocycles. The average Bonchev–Trinajstić information content (AvgIpc) is 3.24. The molecule has 1 aromatic carbocycles. The Morgan fingerprint density at radius 1 is 0.759 bits per heavy atom. The van der Waals surface area contributed by atoms with Gasteiger partial charge in [-0.3, -0.25) is 0 Å². The average molecular weight is 435 g/mol. The largest absolute Gasteiger partial charge is 0.133 e. The standard InChI is InChI=1S/C26H26S3/c1-13-7-15(3)23(16(4)8-13)19-11-21-25(28-19)26-22(27-21)12-20(29-26)24-17(5)9-14(2)10-18(24)6/h7-9,11-12,18H,10H2,1-6H3. The maximum atomic E-state index is 2.45. The summed E-state index contributed by atoms with van der Waals surface area (Å²) >= 11 is 5.94. The minimum absolute atomic E-state index is 0.611. The Morgan fingerprint density at radius 2 is 1.34 bits per heavy atom. The van der Waals surface area contributed by atoms with E-state index < -0.39 is 0 Å². The molecule has 3 heterocycles. The van der Waals surface area contributed by atoms with Gasteiger partial charge in [-0.25, -0.2) is 0 Å². The van der Waals surface area contributed by atoms with Crippen molar-refractivity contribution in [1.82, 2.24) is 0 Å². The van der Waals surface area contributed by atoms with Crippen LogP contribution in [0, 0.1) is 26.7 Å². The summed E-state index contributed by atoms with van der Waals surface area (Å²) in [5, 5.41) is 0. The molecule has 3 aromatic heterocycles. The Morgan fingerprint density at radius 3 is 1.97 bits per heavy atom. The molecule has 148 valence electrons. The van der Waals surface area contributed by atoms with Crippen molar-refractivity contribution >= 4 is 58.4 Å². The Kier molecular flexibility index (Phi) is 4.62. The molecule has 0 amide bonds. The van der Waals surface area contributed by atoms with Gasteiger partial charge in [-0.05, 0) is 86.9 Å². The highest BCUT2D eigenvalue weighted by atomic mass is 32.1. The predicted octanol–water partition coefficient (Wildman–Crippen LogP) is 9.53. The van der Waals surface area contributed by atoms with Gasteiger partial charge in [-0.15, -0.1) is 34.0 Å². The molecular formula is C26H26S3. The Balaban J connectivity index is 1.65. The Labute approximate surface area is 185 Å². The molecule has 0 saturated carbocycles. The second kappa shape index (κ2) is 6.94. The summed E-state index contributed by atoms with van der Waals surface area (Å²) in [5.41, 5.74) is 10.1. The summed E-state index contributed by atoms with van der Waals surface area (Å²) in [4.78, 5) is 2.89. The molecule has 0 saturated heterocycles. The monoisotopic (exact) mass is 434 g/mol. The summed E-state index contributed by atoms with van der Waals surface area (Å²) in [6, 6.07) is 9.49. The van der Waals surface area contributed by atoms with E-state index in [-0.39, 0.29) is 0 Å². The second-order valence-electron chi connectivity index (χ2n) is 8.68. The van der Waals surface area contributed by atoms with E-state index >= 15 is 0 Å². The van der Waals surface area contributed by atoms with Crippen molar-refractivity contribution in [3.63, 3.8) is 0 Å². The molecule has 0 bridgehead atoms. The summed E-state index contributed by atoms with van der Waals surface area (Å²) in [6.45, 7) is 13.6. The van der Waals surface area contributed by atoms with E-state index in [4.69, 9.17) is 0 Å². The van der Waals surface area contributed by atoms with Crippen LogP contribution in [0.25, 0.3) is 34.8 Å². The molecule has 4 aromatic rings. The van der Waals surface area contributed by atoms with Crippen molar-refractivity contribution in [3.8, 4) is 10.4 Å². The van der Waals surface area contributed by atoms with E-state index in [2.05, 4.69) is 71.9 Å². The lowest BCUT2D eigenvalue weighted by molar-refractivity contribution is 0.723. The van der Waals surface area contributed by atoms with Gasteiger partial charge in [-0.2, -0.15) is 0 Å². The van der Waals surface area contributed by atoms with Crippen molar-refractivity contribution in [3.05, 3.63) is 63.1 Å². The highest BCUT2D eigenvalue weighted by molar-refractivity contribution is 7.39. The molecule has 1 aliphatic rings. The van der Waals surface area contributed by atoms with Crippen molar-refractivity contribution < 1.29 is 0 Å². The van der Waals surface area contributed by atoms with Crippen LogP contribution >= 0.6 is 34.0 Å². The first-order chi connectivity index (χ1) is 13.8. The van der Waals surface area contributed by atoms with Crippen molar-refractivity contribution in [1.29, 1.82) is 0 Å². The van der Waals surface area contributed by atoms with Crippen LogP contribution in [0.1, 0.15) is 48.8 Å². The zero-order chi connectivity index (χ0) is 20.4. The maximum absolute atomic E-state index is 2.45. The molecule has 0 nitrogen and oxygen atoms in total. The van der Waals surface area contributed by atoms with E-state index in [0.717, 1.165) is 0 Å². The molecule has 0 aliphatic heterocycles. The zero-order valence-corrected chi connectivity index (χ0v) is 20.3. The smallest absolute Gasteiger partial charge is 0.0636 e. The van der Waals surface area contributed by atoms with E-state index in [0.29, 0.717) is 5.92 Å². The number of benzene rings is 1. The number of aryl methyl sites for hydroxylation is 3. The van der Waals surface area contributed by atoms with Gasteiger partial charge in [0.2, 0.25) is 0 Å². The molecule has 1 unspecified atom stereocenters. The molecular weight excluding hydrogens is 408 g/mol. The van der Waals surface area contributed by atoms with Crippen LogP contribution in [0.4, 0.5) is 0 Å². The fourth-order valence-corrected chi connectivity index (χ4v) is 9.50. The van der Waals surface area contributed by atoms with Gasteiger partial charge in [0.1, 0.15) is 0 Å². The molecule has 3 heteroatoms. The van der Waals surface area contributed by atoms with Gasteiger partial charge in [0.05, 0.1) is 9.40 Å². The number of rotatable bonds is 2. The first-order valence-corrected chi connectivity index (χ1v) is 12.7. The molecule has 0 spiro atoms. The zero-order valence-electron chi connectivity index (χ0n) is 17.9. The van der Waals surface area contributed by atoms with E-state index in [1.807, 2.05) is 34.0 Å². The lowest BCUT2D eigenvalue weighted by atomic mass is 9.84. The van der Waals surface area contributed by atoms with Gasteiger partial charge >= 0.3 is 0 Å². The number of hydrogen-bond acceptors (Lipinski definition) is 3. The molecule has 0 N–H and O–H groups in total. The van der Waals surface area contributed by atoms with Crippen LogP contribution in [0.2, 0.25) is 0 Å². The van der Waals surface area contributed by atoms with Crippen LogP contribution < -0.4 is 0 Å². The third-order valence-electron chi connectivity index (χ3n) is 6.02. The predicted molar refractivity (Wildman–Crippen MR) is 135 cm³/mol. The van der Waals surface area contributed by atoms with Crippen molar-refractivity contribution in [2.75, 3.05) is 0 Å². The van der Waals surface area contributed by atoms with Gasteiger partial charge < -0.3 is 0 Å². The number of thiophene rings is 3. The van der Waals surface area contributed by atoms with E-state index in [1.54, 1.807) is 5.57 Å². The van der Waals surface area contributed by atoms with Gasteiger partial charge in [0.25, 0.3) is 0 Å². The van der Waals surface area contributed by atoms with Gasteiger partial charge in [-0.1, -0.05) is 36.3 Å². The third kappa shape index (κ3) is 3.15. The quantitative estimate of drug-likeness (QED) is 0.294. The van der Waals surface area contributed by atoms with Crippen molar-refractivity contribution in [2.45, 2.75) is 48.0 Å². The van der Waals surface area contributed by atoms with E-state index in [1.165, 1.54) is 68.4 Å². The fourth-order valence-electron chi connectivity index (χ4n) is 5.08. The molecule has 5 rings (SSSR count). The topological polar surface area (TPSA) is 0 Å². The number of hydrogen-bond donors (Lipinski definition) is 0. The Bertz CT molecular complexity index is 1310. The summed E-state index contributed by atoms with van der Waals surface area (Å²) in [5.74, 6) is 0.611. The van der Waals surface area contributed by atoms with Crippen LogP contribution in [-0.4, -0.2) is 0 Å². The summed E-state index contributed by atoms with van der Waals surface area (Å²) in [6.07, 6.45) is 3.56. The Hall–Kier alpha value is -1.68. The van der Waals surface area contributed by atoms with E-state index in [9.17, 15) is 0 Å². The summed E-state index contributed by atoms with van der Waals surface area (Å²) < 4.78 is 5.85. The van der Waals surface area contributed by atoms with Crippen LogP contribution in [-0.2, 0) is 0 Å². The highest BCUT2D eigenvalue weighted by Gasteiger charge is 2.22. The maximum Gasteiger partial charge on any atom is 0.0636 e. The van der Waals surface area contributed by atoms with Gasteiger partial charge in [0.15, 0.2) is 0 Å². The van der Waals surface area contributed by atoms with Gasteiger partial charge in [0, 0.05) is 19.2 Å². The lowest BCUT2D eigenvalue weighted by Gasteiger charge is -2.22. The van der Waals surface area contributed by atoms with Crippen LogP contribution in [0.3, 0.4) is 0 Å². The number of allylic oxidation sites excluding steroid dienone is 4. The fraction of sp³-hybridized carbons (Fsp3) is 0.308. The molecule has 0 fully saturated rings. The minimum Gasteiger partial charge on any atom is -0.133 e. The van der Waals surface area contributed by atoms with Crippen LogP contribution in [0.15, 0.2) is 41.5 Å². The normalized spacial score (nSPS) is 17.6. The second-order valence-corrected chi connectivity index (χ2v) is 11.9. The van der Waals surface area contributed by atoms with Crippen molar-refractivity contribution in [2.24, 2.45) is 5.92 Å². The van der Waals surface area contributed by atoms with Crippen LogP contribution in [0.5, 0.6) is 0 Å². The SMILES string of the molecule is CC1=CC(C)=C(c2cc3sc4cc(-c5c(C)cc(C)cc5C)sc4c3s2)C(C)C1. The highest BCUT2D eigenvalue weighted by Crippen LogP contribution is 2.49. The molecule has 1 atom stereocenters. The molecule has 29 heavy (non-hydrogen) atoms. The number of fused-ring (bicyclic) bond motifs is 3. The molecule has 0 radical (unpaired) electrons. The summed E-state index contributed by atoms with van der Waals surface area (Å²) in [7, 11) is 0. The minimum atomic E-state index is 0.611. The first kappa shape index (κ1) is 19.3. The third-order valence-corrected chi connectivity index (χ3v) is 9.85.